The standard InChI is InChI=1S/C11H12F3NOS/c12-11(13,14)10-15-6-8(17-10)9(16)7-4-2-1-3-5-7/h1-2,6-7,9,16H,3-5H2. The van der Waals surface area contributed by atoms with E-state index in [9.17, 15) is 18.3 Å². The van der Waals surface area contributed by atoms with Crippen LogP contribution in [0, 0.1) is 5.92 Å². The molecule has 0 saturated carbocycles. The van der Waals surface area contributed by atoms with Crippen molar-refractivity contribution in [1.29, 1.82) is 0 Å². The lowest BCUT2D eigenvalue weighted by Gasteiger charge is -2.22. The van der Waals surface area contributed by atoms with E-state index in [0.29, 0.717) is 22.6 Å². The largest absolute Gasteiger partial charge is 0.443 e. The van der Waals surface area contributed by atoms with E-state index in [-0.39, 0.29) is 5.92 Å². The number of rotatable bonds is 2. The predicted octanol–water partition coefficient (Wildman–Crippen LogP) is 3.55. The Balaban J connectivity index is 2.11. The first-order valence-corrected chi connectivity index (χ1v) is 6.16. The first kappa shape index (κ1) is 12.6. The predicted molar refractivity (Wildman–Crippen MR) is 58.6 cm³/mol. The van der Waals surface area contributed by atoms with E-state index in [1.807, 2.05) is 12.2 Å². The molecular formula is C11H12F3NOS. The van der Waals surface area contributed by atoms with Gasteiger partial charge in [-0.25, -0.2) is 4.98 Å². The van der Waals surface area contributed by atoms with Crippen molar-refractivity contribution in [2.45, 2.75) is 31.5 Å². The zero-order valence-corrected chi connectivity index (χ0v) is 9.76. The fourth-order valence-electron chi connectivity index (χ4n) is 1.89. The topological polar surface area (TPSA) is 33.1 Å². The summed E-state index contributed by atoms with van der Waals surface area (Å²) in [6, 6.07) is 0. The van der Waals surface area contributed by atoms with E-state index in [4.69, 9.17) is 0 Å². The first-order chi connectivity index (χ1) is 7.98. The van der Waals surface area contributed by atoms with Crippen molar-refractivity contribution in [3.8, 4) is 0 Å². The summed E-state index contributed by atoms with van der Waals surface area (Å²) in [5.74, 6) is 0.00142. The number of hydrogen-bond donors (Lipinski definition) is 1. The number of nitrogens with zero attached hydrogens (tertiary/aromatic N) is 1. The second-order valence-electron chi connectivity index (χ2n) is 4.05. The Morgan fingerprint density at radius 2 is 2.18 bits per heavy atom. The Kier molecular flexibility index (Phi) is 3.53. The third-order valence-electron chi connectivity index (χ3n) is 2.81. The molecule has 1 N–H and O–H groups in total. The molecule has 17 heavy (non-hydrogen) atoms. The summed E-state index contributed by atoms with van der Waals surface area (Å²) in [6.45, 7) is 0. The van der Waals surface area contributed by atoms with Crippen molar-refractivity contribution in [3.63, 3.8) is 0 Å². The minimum atomic E-state index is -4.42. The van der Waals surface area contributed by atoms with E-state index in [1.54, 1.807) is 0 Å². The zero-order chi connectivity index (χ0) is 12.5. The molecule has 2 rings (SSSR count). The van der Waals surface area contributed by atoms with Gasteiger partial charge in [-0.3, -0.25) is 0 Å². The third kappa shape index (κ3) is 2.87. The molecule has 2 atom stereocenters. The van der Waals surface area contributed by atoms with Gasteiger partial charge in [0.1, 0.15) is 0 Å². The van der Waals surface area contributed by atoms with Crippen LogP contribution in [0.5, 0.6) is 0 Å². The zero-order valence-electron chi connectivity index (χ0n) is 8.94. The molecule has 0 aromatic carbocycles. The lowest BCUT2D eigenvalue weighted by atomic mass is 9.89. The molecule has 94 valence electrons. The molecule has 0 fully saturated rings. The van der Waals surface area contributed by atoms with Gasteiger partial charge in [-0.2, -0.15) is 13.2 Å². The Hall–Kier alpha value is -0.880. The van der Waals surface area contributed by atoms with Gasteiger partial charge < -0.3 is 5.11 Å². The molecule has 1 aromatic heterocycles. The second-order valence-corrected chi connectivity index (χ2v) is 5.12. The van der Waals surface area contributed by atoms with Crippen molar-refractivity contribution in [2.75, 3.05) is 0 Å². The number of aliphatic hydroxyl groups excluding tert-OH is 1. The molecule has 2 unspecified atom stereocenters. The van der Waals surface area contributed by atoms with Gasteiger partial charge in [-0.05, 0) is 25.2 Å². The Labute approximate surface area is 101 Å². The molecule has 0 radical (unpaired) electrons. The van der Waals surface area contributed by atoms with Gasteiger partial charge in [0.2, 0.25) is 0 Å². The third-order valence-corrected chi connectivity index (χ3v) is 3.93. The Morgan fingerprint density at radius 1 is 1.41 bits per heavy atom. The normalized spacial score (nSPS) is 22.7. The summed E-state index contributed by atoms with van der Waals surface area (Å²) >= 11 is 0.531. The molecule has 0 saturated heterocycles. The molecule has 1 aliphatic rings. The minimum Gasteiger partial charge on any atom is -0.387 e. The van der Waals surface area contributed by atoms with Gasteiger partial charge in [-0.1, -0.05) is 12.2 Å². The maximum atomic E-state index is 12.4. The number of alkyl halides is 3. The Morgan fingerprint density at radius 3 is 2.71 bits per heavy atom. The Bertz CT molecular complexity index is 413. The summed E-state index contributed by atoms with van der Waals surface area (Å²) in [5.41, 5.74) is 0. The van der Waals surface area contributed by atoms with Gasteiger partial charge in [-0.15, -0.1) is 11.3 Å². The van der Waals surface area contributed by atoms with Crippen molar-refractivity contribution >= 4 is 11.3 Å². The van der Waals surface area contributed by atoms with Crippen LogP contribution < -0.4 is 0 Å². The average molecular weight is 263 g/mol. The van der Waals surface area contributed by atoms with Crippen LogP contribution in [0.25, 0.3) is 0 Å². The maximum absolute atomic E-state index is 12.4. The molecule has 0 bridgehead atoms. The summed E-state index contributed by atoms with van der Waals surface area (Å²) in [5, 5.41) is 9.10. The number of allylic oxidation sites excluding steroid dienone is 2. The second kappa shape index (κ2) is 4.78. The van der Waals surface area contributed by atoms with Crippen molar-refractivity contribution in [3.05, 3.63) is 28.2 Å². The summed E-state index contributed by atoms with van der Waals surface area (Å²) < 4.78 is 37.1. The fraction of sp³-hybridized carbons (Fsp3) is 0.545. The van der Waals surface area contributed by atoms with E-state index in [1.165, 1.54) is 0 Å². The van der Waals surface area contributed by atoms with Crippen LogP contribution in [0.1, 0.15) is 35.3 Å². The van der Waals surface area contributed by atoms with E-state index in [0.717, 1.165) is 19.0 Å². The molecule has 1 aliphatic carbocycles. The van der Waals surface area contributed by atoms with Crippen molar-refractivity contribution in [2.24, 2.45) is 5.92 Å². The van der Waals surface area contributed by atoms with E-state index in [2.05, 4.69) is 4.98 Å². The number of hydrogen-bond acceptors (Lipinski definition) is 3. The smallest absolute Gasteiger partial charge is 0.387 e. The SMILES string of the molecule is OC(c1cnc(C(F)(F)F)s1)C1CC=CCC1. The van der Waals surface area contributed by atoms with E-state index < -0.39 is 17.3 Å². The molecule has 2 nitrogen and oxygen atoms in total. The minimum absolute atomic E-state index is 0.00142. The fourth-order valence-corrected chi connectivity index (χ4v) is 2.75. The highest BCUT2D eigenvalue weighted by molar-refractivity contribution is 7.11. The molecule has 0 aliphatic heterocycles. The van der Waals surface area contributed by atoms with Gasteiger partial charge in [0.25, 0.3) is 0 Å². The highest BCUT2D eigenvalue weighted by atomic mass is 32.1. The van der Waals surface area contributed by atoms with Crippen LogP contribution in [0.4, 0.5) is 13.2 Å². The summed E-state index contributed by atoms with van der Waals surface area (Å²) in [6.07, 6.45) is 2.24. The van der Waals surface area contributed by atoms with Crippen LogP contribution in [0.15, 0.2) is 18.3 Å². The van der Waals surface area contributed by atoms with Gasteiger partial charge in [0.15, 0.2) is 5.01 Å². The van der Waals surface area contributed by atoms with Gasteiger partial charge >= 0.3 is 6.18 Å². The molecular weight excluding hydrogens is 251 g/mol. The highest BCUT2D eigenvalue weighted by Gasteiger charge is 2.35. The molecule has 6 heteroatoms. The quantitative estimate of drug-likeness (QED) is 0.828. The van der Waals surface area contributed by atoms with Crippen LogP contribution in [0.2, 0.25) is 0 Å². The average Bonchev–Trinajstić information content (AvgIpc) is 2.78. The van der Waals surface area contributed by atoms with E-state index >= 15 is 0 Å². The van der Waals surface area contributed by atoms with Gasteiger partial charge in [0.05, 0.1) is 11.0 Å². The number of thiazole rings is 1. The number of aliphatic hydroxyl groups is 1. The summed E-state index contributed by atoms with van der Waals surface area (Å²) in [7, 11) is 0. The van der Waals surface area contributed by atoms with Crippen molar-refractivity contribution in [1.82, 2.24) is 4.98 Å². The lowest BCUT2D eigenvalue weighted by molar-refractivity contribution is -0.137. The van der Waals surface area contributed by atoms with Crippen LogP contribution in [0.3, 0.4) is 0 Å². The molecule has 1 heterocycles. The monoisotopic (exact) mass is 263 g/mol. The van der Waals surface area contributed by atoms with Crippen LogP contribution in [-0.4, -0.2) is 10.1 Å². The number of halogens is 3. The molecule has 0 amide bonds. The van der Waals surface area contributed by atoms with Crippen LogP contribution >= 0.6 is 11.3 Å². The van der Waals surface area contributed by atoms with Crippen molar-refractivity contribution < 1.29 is 18.3 Å². The maximum Gasteiger partial charge on any atom is 0.443 e. The molecule has 0 spiro atoms. The van der Waals surface area contributed by atoms with Gasteiger partial charge in [0, 0.05) is 6.20 Å². The first-order valence-electron chi connectivity index (χ1n) is 5.34. The van der Waals surface area contributed by atoms with Crippen LogP contribution in [-0.2, 0) is 6.18 Å². The highest BCUT2D eigenvalue weighted by Crippen LogP contribution is 2.38. The lowest BCUT2D eigenvalue weighted by Crippen LogP contribution is -2.12. The summed E-state index contributed by atoms with van der Waals surface area (Å²) in [4.78, 5) is 3.62. The molecule has 1 aromatic rings. The number of aromatic nitrogens is 1.